The van der Waals surface area contributed by atoms with E-state index in [9.17, 15) is 0 Å². The molecule has 1 unspecified atom stereocenters. The molecule has 0 aromatic heterocycles. The highest BCUT2D eigenvalue weighted by molar-refractivity contribution is 4.95. The van der Waals surface area contributed by atoms with Gasteiger partial charge in [0.2, 0.25) is 0 Å². The van der Waals surface area contributed by atoms with E-state index in [1.807, 2.05) is 0 Å². The van der Waals surface area contributed by atoms with Gasteiger partial charge in [-0.3, -0.25) is 4.90 Å². The Morgan fingerprint density at radius 1 is 1.00 bits per heavy atom. The van der Waals surface area contributed by atoms with Crippen LogP contribution in [0.15, 0.2) is 0 Å². The second-order valence-corrected chi connectivity index (χ2v) is 6.87. The molecule has 19 heavy (non-hydrogen) atoms. The SMILES string of the molecule is CCC1(CC)CN(C2CCCCCC2)C(C)CCN1. The largest absolute Gasteiger partial charge is 0.310 e. The van der Waals surface area contributed by atoms with E-state index in [2.05, 4.69) is 31.0 Å². The van der Waals surface area contributed by atoms with Crippen molar-refractivity contribution < 1.29 is 0 Å². The molecular formula is C17H34N2. The van der Waals surface area contributed by atoms with Crippen molar-refractivity contribution in [1.82, 2.24) is 10.2 Å². The zero-order valence-electron chi connectivity index (χ0n) is 13.4. The Morgan fingerprint density at radius 3 is 2.21 bits per heavy atom. The number of hydrogen-bond donors (Lipinski definition) is 1. The minimum Gasteiger partial charge on any atom is -0.310 e. The lowest BCUT2D eigenvalue weighted by molar-refractivity contribution is 0.0988. The first-order chi connectivity index (χ1) is 9.21. The van der Waals surface area contributed by atoms with Gasteiger partial charge in [0.25, 0.3) is 0 Å². The molecule has 0 amide bonds. The third kappa shape index (κ3) is 3.72. The maximum absolute atomic E-state index is 3.87. The first-order valence-electron chi connectivity index (χ1n) is 8.71. The summed E-state index contributed by atoms with van der Waals surface area (Å²) in [7, 11) is 0. The van der Waals surface area contributed by atoms with E-state index in [1.54, 1.807) is 0 Å². The van der Waals surface area contributed by atoms with Gasteiger partial charge in [-0.15, -0.1) is 0 Å². The molecule has 0 radical (unpaired) electrons. The van der Waals surface area contributed by atoms with Crippen LogP contribution in [-0.2, 0) is 0 Å². The molecule has 0 spiro atoms. The van der Waals surface area contributed by atoms with E-state index in [1.165, 1.54) is 70.9 Å². The second-order valence-electron chi connectivity index (χ2n) is 6.87. The fraction of sp³-hybridized carbons (Fsp3) is 1.00. The van der Waals surface area contributed by atoms with Crippen LogP contribution < -0.4 is 5.32 Å². The molecule has 1 N–H and O–H groups in total. The van der Waals surface area contributed by atoms with Crippen molar-refractivity contribution in [2.75, 3.05) is 13.1 Å². The van der Waals surface area contributed by atoms with Crippen LogP contribution in [-0.4, -0.2) is 35.6 Å². The third-order valence-electron chi connectivity index (χ3n) is 5.76. The molecule has 1 saturated heterocycles. The summed E-state index contributed by atoms with van der Waals surface area (Å²) >= 11 is 0. The van der Waals surface area contributed by atoms with Crippen LogP contribution >= 0.6 is 0 Å². The summed E-state index contributed by atoms with van der Waals surface area (Å²) in [5, 5.41) is 3.87. The van der Waals surface area contributed by atoms with Crippen LogP contribution in [0, 0.1) is 0 Å². The molecular weight excluding hydrogens is 232 g/mol. The van der Waals surface area contributed by atoms with Crippen molar-refractivity contribution >= 4 is 0 Å². The van der Waals surface area contributed by atoms with Gasteiger partial charge in [-0.05, 0) is 45.6 Å². The van der Waals surface area contributed by atoms with Crippen LogP contribution in [0.25, 0.3) is 0 Å². The van der Waals surface area contributed by atoms with Gasteiger partial charge in [-0.25, -0.2) is 0 Å². The second kappa shape index (κ2) is 7.08. The molecule has 1 aliphatic carbocycles. The lowest BCUT2D eigenvalue weighted by Crippen LogP contribution is -2.53. The lowest BCUT2D eigenvalue weighted by Gasteiger charge is -2.41. The predicted octanol–water partition coefficient (Wildman–Crippen LogP) is 3.95. The van der Waals surface area contributed by atoms with Gasteiger partial charge in [0.15, 0.2) is 0 Å². The minimum atomic E-state index is 0.372. The highest BCUT2D eigenvalue weighted by atomic mass is 15.2. The standard InChI is InChI=1S/C17H34N2/c1-4-17(5-2)14-19(15(3)12-13-18-17)16-10-8-6-7-9-11-16/h15-16,18H,4-14H2,1-3H3. The normalized spacial score (nSPS) is 30.8. The average Bonchev–Trinajstić information content (AvgIpc) is 2.78. The number of nitrogens with one attached hydrogen (secondary N) is 1. The van der Waals surface area contributed by atoms with Crippen molar-refractivity contribution in [3.05, 3.63) is 0 Å². The Balaban J connectivity index is 2.09. The summed E-state index contributed by atoms with van der Waals surface area (Å²) in [6.45, 7) is 9.64. The van der Waals surface area contributed by atoms with Crippen LogP contribution in [0.3, 0.4) is 0 Å². The van der Waals surface area contributed by atoms with Gasteiger partial charge >= 0.3 is 0 Å². The Morgan fingerprint density at radius 2 is 1.63 bits per heavy atom. The van der Waals surface area contributed by atoms with E-state index in [4.69, 9.17) is 0 Å². The third-order valence-corrected chi connectivity index (χ3v) is 5.76. The number of hydrogen-bond acceptors (Lipinski definition) is 2. The Labute approximate surface area is 120 Å². The van der Waals surface area contributed by atoms with E-state index in [0.717, 1.165) is 12.1 Å². The van der Waals surface area contributed by atoms with E-state index < -0.39 is 0 Å². The number of rotatable bonds is 3. The molecule has 1 aliphatic heterocycles. The van der Waals surface area contributed by atoms with Gasteiger partial charge in [-0.1, -0.05) is 39.5 Å². The summed E-state index contributed by atoms with van der Waals surface area (Å²) in [6, 6.07) is 1.62. The van der Waals surface area contributed by atoms with Gasteiger partial charge in [0.05, 0.1) is 0 Å². The van der Waals surface area contributed by atoms with Crippen LogP contribution in [0.2, 0.25) is 0 Å². The van der Waals surface area contributed by atoms with Crippen molar-refractivity contribution in [1.29, 1.82) is 0 Å². The van der Waals surface area contributed by atoms with Crippen molar-refractivity contribution in [3.8, 4) is 0 Å². The average molecular weight is 266 g/mol. The lowest BCUT2D eigenvalue weighted by atomic mass is 9.91. The van der Waals surface area contributed by atoms with E-state index >= 15 is 0 Å². The highest BCUT2D eigenvalue weighted by Crippen LogP contribution is 2.29. The molecule has 0 aromatic rings. The molecule has 0 aromatic carbocycles. The highest BCUT2D eigenvalue weighted by Gasteiger charge is 2.35. The van der Waals surface area contributed by atoms with Crippen LogP contribution in [0.1, 0.15) is 78.6 Å². The fourth-order valence-electron chi connectivity index (χ4n) is 4.08. The zero-order chi connectivity index (χ0) is 13.7. The van der Waals surface area contributed by atoms with Crippen molar-refractivity contribution in [2.24, 2.45) is 0 Å². The Hall–Kier alpha value is -0.0800. The molecule has 2 rings (SSSR count). The van der Waals surface area contributed by atoms with Crippen molar-refractivity contribution in [2.45, 2.75) is 96.2 Å². The first-order valence-corrected chi connectivity index (χ1v) is 8.71. The molecule has 2 aliphatic rings. The van der Waals surface area contributed by atoms with Gasteiger partial charge in [0.1, 0.15) is 0 Å². The molecule has 2 nitrogen and oxygen atoms in total. The van der Waals surface area contributed by atoms with Crippen molar-refractivity contribution in [3.63, 3.8) is 0 Å². The van der Waals surface area contributed by atoms with Gasteiger partial charge < -0.3 is 5.32 Å². The summed E-state index contributed by atoms with van der Waals surface area (Å²) in [6.07, 6.45) is 12.5. The molecule has 1 saturated carbocycles. The monoisotopic (exact) mass is 266 g/mol. The van der Waals surface area contributed by atoms with E-state index in [0.29, 0.717) is 5.54 Å². The minimum absolute atomic E-state index is 0.372. The zero-order valence-corrected chi connectivity index (χ0v) is 13.4. The Bertz CT molecular complexity index is 252. The molecule has 2 heteroatoms. The molecule has 1 heterocycles. The quantitative estimate of drug-likeness (QED) is 0.778. The fourth-order valence-corrected chi connectivity index (χ4v) is 4.08. The topological polar surface area (TPSA) is 15.3 Å². The smallest absolute Gasteiger partial charge is 0.0303 e. The summed E-state index contributed by atoms with van der Waals surface area (Å²) in [5.41, 5.74) is 0.372. The number of nitrogens with zero attached hydrogens (tertiary/aromatic N) is 1. The van der Waals surface area contributed by atoms with Gasteiger partial charge in [0, 0.05) is 24.2 Å². The van der Waals surface area contributed by atoms with Crippen LogP contribution in [0.4, 0.5) is 0 Å². The van der Waals surface area contributed by atoms with Gasteiger partial charge in [-0.2, -0.15) is 0 Å². The van der Waals surface area contributed by atoms with Crippen LogP contribution in [0.5, 0.6) is 0 Å². The first kappa shape index (κ1) is 15.3. The molecule has 1 atom stereocenters. The summed E-state index contributed by atoms with van der Waals surface area (Å²) in [5.74, 6) is 0. The molecule has 2 fully saturated rings. The maximum atomic E-state index is 3.87. The summed E-state index contributed by atoms with van der Waals surface area (Å²) < 4.78 is 0. The summed E-state index contributed by atoms with van der Waals surface area (Å²) in [4.78, 5) is 2.87. The Kier molecular flexibility index (Phi) is 5.70. The molecule has 112 valence electrons. The predicted molar refractivity (Wildman–Crippen MR) is 83.6 cm³/mol. The molecule has 0 bridgehead atoms. The maximum Gasteiger partial charge on any atom is 0.0303 e. The van der Waals surface area contributed by atoms with E-state index in [-0.39, 0.29) is 0 Å².